The van der Waals surface area contributed by atoms with Crippen molar-refractivity contribution in [3.63, 3.8) is 0 Å². The lowest BCUT2D eigenvalue weighted by Crippen LogP contribution is -2.14. The molecule has 1 aliphatic carbocycles. The SMILES string of the molecule is COc1cnc(/C(C#N)=C/c2c(Cl)cncc2Cl)cc1O[C@@H]1CC[C@H](O)C1. The number of aliphatic hydroxyl groups excluding tert-OH is 1. The summed E-state index contributed by atoms with van der Waals surface area (Å²) < 4.78 is 11.3. The largest absolute Gasteiger partial charge is 0.491 e. The zero-order chi connectivity index (χ0) is 19.4. The summed E-state index contributed by atoms with van der Waals surface area (Å²) in [5.74, 6) is 0.923. The van der Waals surface area contributed by atoms with Gasteiger partial charge in [-0.1, -0.05) is 23.2 Å². The van der Waals surface area contributed by atoms with Gasteiger partial charge in [-0.15, -0.1) is 0 Å². The summed E-state index contributed by atoms with van der Waals surface area (Å²) in [6, 6.07) is 3.75. The molecule has 2 atom stereocenters. The van der Waals surface area contributed by atoms with Gasteiger partial charge in [0, 0.05) is 30.4 Å². The predicted molar refractivity (Wildman–Crippen MR) is 103 cm³/mol. The third-order valence-corrected chi connectivity index (χ3v) is 4.88. The van der Waals surface area contributed by atoms with Crippen molar-refractivity contribution in [2.24, 2.45) is 0 Å². The smallest absolute Gasteiger partial charge is 0.179 e. The van der Waals surface area contributed by atoms with E-state index in [-0.39, 0.29) is 17.8 Å². The number of hydrogen-bond donors (Lipinski definition) is 1. The van der Waals surface area contributed by atoms with Crippen LogP contribution in [-0.4, -0.2) is 34.4 Å². The molecule has 0 spiro atoms. The van der Waals surface area contributed by atoms with Crippen LogP contribution in [0.3, 0.4) is 0 Å². The molecule has 0 bridgehead atoms. The average Bonchev–Trinajstić information content (AvgIpc) is 3.06. The van der Waals surface area contributed by atoms with Gasteiger partial charge in [0.25, 0.3) is 0 Å². The molecule has 0 aromatic carbocycles. The summed E-state index contributed by atoms with van der Waals surface area (Å²) in [5, 5.41) is 20.0. The molecule has 1 aliphatic rings. The second kappa shape index (κ2) is 8.57. The van der Waals surface area contributed by atoms with E-state index >= 15 is 0 Å². The van der Waals surface area contributed by atoms with Crippen molar-refractivity contribution in [1.82, 2.24) is 9.97 Å². The molecule has 8 heteroatoms. The molecule has 0 radical (unpaired) electrons. The number of allylic oxidation sites excluding steroid dienone is 1. The molecule has 2 aromatic heterocycles. The van der Waals surface area contributed by atoms with Gasteiger partial charge >= 0.3 is 0 Å². The van der Waals surface area contributed by atoms with E-state index in [1.54, 1.807) is 12.1 Å². The van der Waals surface area contributed by atoms with Gasteiger partial charge in [0.05, 0.1) is 40.7 Å². The zero-order valence-corrected chi connectivity index (χ0v) is 16.0. The van der Waals surface area contributed by atoms with Crippen LogP contribution < -0.4 is 9.47 Å². The molecule has 6 nitrogen and oxygen atoms in total. The Balaban J connectivity index is 1.96. The Morgan fingerprint density at radius 1 is 1.26 bits per heavy atom. The van der Waals surface area contributed by atoms with Gasteiger partial charge in [0.15, 0.2) is 11.5 Å². The number of methoxy groups -OCH3 is 1. The highest BCUT2D eigenvalue weighted by atomic mass is 35.5. The first-order valence-corrected chi connectivity index (χ1v) is 9.07. The van der Waals surface area contributed by atoms with E-state index in [1.165, 1.54) is 25.7 Å². The Labute approximate surface area is 167 Å². The van der Waals surface area contributed by atoms with Crippen molar-refractivity contribution in [2.45, 2.75) is 31.5 Å². The maximum atomic E-state index is 9.70. The van der Waals surface area contributed by atoms with Crippen LogP contribution in [0, 0.1) is 11.3 Å². The van der Waals surface area contributed by atoms with Crippen LogP contribution in [0.2, 0.25) is 10.0 Å². The highest BCUT2D eigenvalue weighted by molar-refractivity contribution is 6.37. The molecule has 3 rings (SSSR count). The van der Waals surface area contributed by atoms with E-state index in [1.807, 2.05) is 0 Å². The lowest BCUT2D eigenvalue weighted by Gasteiger charge is -2.16. The quantitative estimate of drug-likeness (QED) is 0.751. The van der Waals surface area contributed by atoms with E-state index in [2.05, 4.69) is 16.0 Å². The highest BCUT2D eigenvalue weighted by Crippen LogP contribution is 2.34. The minimum Gasteiger partial charge on any atom is -0.491 e. The van der Waals surface area contributed by atoms with Gasteiger partial charge in [0.1, 0.15) is 12.2 Å². The highest BCUT2D eigenvalue weighted by Gasteiger charge is 2.25. The molecule has 0 saturated heterocycles. The molecule has 2 aromatic rings. The van der Waals surface area contributed by atoms with E-state index in [4.69, 9.17) is 32.7 Å². The molecule has 0 unspecified atom stereocenters. The Hall–Kier alpha value is -2.33. The van der Waals surface area contributed by atoms with Crippen LogP contribution in [0.4, 0.5) is 0 Å². The first kappa shape index (κ1) is 19.4. The summed E-state index contributed by atoms with van der Waals surface area (Å²) in [6.07, 6.45) is 7.52. The standard InChI is InChI=1S/C19H17Cl2N3O3/c1-26-19-10-24-17(6-18(19)27-13-3-2-12(25)5-13)11(7-22)4-14-15(20)8-23-9-16(14)21/h4,6,8-10,12-13,25H,2-3,5H2,1H3/b11-4+/t12-,13+/m0/s1. The number of nitriles is 1. The molecule has 1 saturated carbocycles. The Morgan fingerprint density at radius 3 is 2.59 bits per heavy atom. The number of ether oxygens (including phenoxy) is 2. The summed E-state index contributed by atoms with van der Waals surface area (Å²) in [7, 11) is 1.52. The van der Waals surface area contributed by atoms with Crippen molar-refractivity contribution >= 4 is 34.9 Å². The van der Waals surface area contributed by atoms with E-state index in [9.17, 15) is 10.4 Å². The van der Waals surface area contributed by atoms with Crippen molar-refractivity contribution in [1.29, 1.82) is 5.26 Å². The Morgan fingerprint density at radius 2 is 2.00 bits per heavy atom. The number of rotatable bonds is 5. The topological polar surface area (TPSA) is 88.3 Å². The minimum atomic E-state index is -0.354. The summed E-state index contributed by atoms with van der Waals surface area (Å²) in [5.41, 5.74) is 1.16. The second-order valence-electron chi connectivity index (χ2n) is 6.11. The van der Waals surface area contributed by atoms with Gasteiger partial charge in [-0.3, -0.25) is 9.97 Å². The Bertz CT molecular complexity index is 891. The van der Waals surface area contributed by atoms with Crippen LogP contribution in [-0.2, 0) is 0 Å². The van der Waals surface area contributed by atoms with Gasteiger partial charge in [0.2, 0.25) is 0 Å². The van der Waals surface area contributed by atoms with Crippen LogP contribution in [0.5, 0.6) is 11.5 Å². The molecule has 1 N–H and O–H groups in total. The van der Waals surface area contributed by atoms with E-state index in [0.717, 1.165) is 6.42 Å². The summed E-state index contributed by atoms with van der Waals surface area (Å²) in [4.78, 5) is 8.18. The molecular weight excluding hydrogens is 389 g/mol. The number of halogens is 2. The second-order valence-corrected chi connectivity index (χ2v) is 6.93. The van der Waals surface area contributed by atoms with Gasteiger partial charge in [-0.05, 0) is 18.9 Å². The van der Waals surface area contributed by atoms with Crippen LogP contribution in [0.1, 0.15) is 30.5 Å². The molecule has 140 valence electrons. The minimum absolute atomic E-state index is 0.109. The number of nitrogens with zero attached hydrogens (tertiary/aromatic N) is 3. The normalized spacial score (nSPS) is 19.6. The van der Waals surface area contributed by atoms with Crippen molar-refractivity contribution < 1.29 is 14.6 Å². The maximum absolute atomic E-state index is 9.70. The molecule has 27 heavy (non-hydrogen) atoms. The summed E-state index contributed by atoms with van der Waals surface area (Å²) in [6.45, 7) is 0. The third-order valence-electron chi connectivity index (χ3n) is 4.28. The summed E-state index contributed by atoms with van der Waals surface area (Å²) >= 11 is 12.3. The lowest BCUT2D eigenvalue weighted by atomic mass is 10.1. The van der Waals surface area contributed by atoms with Gasteiger partial charge in [-0.2, -0.15) is 5.26 Å². The molecule has 1 fully saturated rings. The van der Waals surface area contributed by atoms with Crippen LogP contribution in [0.25, 0.3) is 11.6 Å². The van der Waals surface area contributed by atoms with Gasteiger partial charge in [-0.25, -0.2) is 0 Å². The van der Waals surface area contributed by atoms with Gasteiger partial charge < -0.3 is 14.6 Å². The third kappa shape index (κ3) is 4.51. The fraction of sp³-hybridized carbons (Fsp3) is 0.316. The molecule has 0 aliphatic heterocycles. The first-order chi connectivity index (χ1) is 13.0. The maximum Gasteiger partial charge on any atom is 0.179 e. The first-order valence-electron chi connectivity index (χ1n) is 8.31. The van der Waals surface area contributed by atoms with Crippen LogP contribution in [0.15, 0.2) is 24.7 Å². The fourth-order valence-corrected chi connectivity index (χ4v) is 3.36. The number of aromatic nitrogens is 2. The van der Waals surface area contributed by atoms with Crippen LogP contribution >= 0.6 is 23.2 Å². The number of hydrogen-bond acceptors (Lipinski definition) is 6. The zero-order valence-electron chi connectivity index (χ0n) is 14.5. The van der Waals surface area contributed by atoms with Crippen molar-refractivity contribution in [3.05, 3.63) is 46.0 Å². The fourth-order valence-electron chi connectivity index (χ4n) is 2.89. The van der Waals surface area contributed by atoms with E-state index < -0.39 is 0 Å². The molecule has 0 amide bonds. The number of pyridine rings is 2. The molecule has 2 heterocycles. The average molecular weight is 406 g/mol. The predicted octanol–water partition coefficient (Wildman–Crippen LogP) is 4.15. The van der Waals surface area contributed by atoms with Crippen molar-refractivity contribution in [2.75, 3.05) is 7.11 Å². The molecular formula is C19H17Cl2N3O3. The monoisotopic (exact) mass is 405 g/mol. The Kier molecular flexibility index (Phi) is 6.17. The van der Waals surface area contributed by atoms with E-state index in [0.29, 0.717) is 45.6 Å². The number of aliphatic hydroxyl groups is 1. The van der Waals surface area contributed by atoms with Crippen molar-refractivity contribution in [3.8, 4) is 17.6 Å². The lowest BCUT2D eigenvalue weighted by molar-refractivity contribution is 0.147.